The summed E-state index contributed by atoms with van der Waals surface area (Å²) in [5.41, 5.74) is 2.10. The van der Waals surface area contributed by atoms with E-state index < -0.39 is 0 Å². The van der Waals surface area contributed by atoms with Crippen molar-refractivity contribution in [2.24, 2.45) is 0 Å². The van der Waals surface area contributed by atoms with Crippen LogP contribution in [0, 0.1) is 0 Å². The van der Waals surface area contributed by atoms with Crippen LogP contribution in [0.2, 0.25) is 0 Å². The number of carbonyl (C=O) groups is 1. The first-order chi connectivity index (χ1) is 10.6. The summed E-state index contributed by atoms with van der Waals surface area (Å²) in [6, 6.07) is 8.02. The van der Waals surface area contributed by atoms with Gasteiger partial charge in [0.25, 0.3) is 0 Å². The maximum atomic E-state index is 12.4. The number of hydrogen-bond donors (Lipinski definition) is 1. The van der Waals surface area contributed by atoms with Crippen molar-refractivity contribution in [1.29, 1.82) is 0 Å². The Hall–Kier alpha value is -1.59. The lowest BCUT2D eigenvalue weighted by atomic mass is 10.0. The van der Waals surface area contributed by atoms with Gasteiger partial charge in [0.1, 0.15) is 0 Å². The van der Waals surface area contributed by atoms with Crippen molar-refractivity contribution in [3.8, 4) is 0 Å². The molecular weight excluding hydrogens is 278 g/mol. The van der Waals surface area contributed by atoms with Gasteiger partial charge in [-0.05, 0) is 17.5 Å². The summed E-state index contributed by atoms with van der Waals surface area (Å²) in [5, 5.41) is 3.06. The number of para-hydroxylation sites is 1. The van der Waals surface area contributed by atoms with Crippen molar-refractivity contribution in [2.75, 3.05) is 51.8 Å². The zero-order chi connectivity index (χ0) is 15.9. The molecule has 1 aromatic rings. The maximum Gasteiger partial charge on any atom is 0.321 e. The fourth-order valence-electron chi connectivity index (χ4n) is 2.70. The highest BCUT2D eigenvalue weighted by molar-refractivity contribution is 5.90. The Morgan fingerprint density at radius 1 is 1.23 bits per heavy atom. The Morgan fingerprint density at radius 3 is 2.55 bits per heavy atom. The molecule has 1 N–H and O–H groups in total. The average Bonchev–Trinajstić information content (AvgIpc) is 2.53. The van der Waals surface area contributed by atoms with Gasteiger partial charge in [-0.3, -0.25) is 4.90 Å². The van der Waals surface area contributed by atoms with Crippen LogP contribution in [0.1, 0.15) is 25.3 Å². The molecule has 22 heavy (non-hydrogen) atoms. The van der Waals surface area contributed by atoms with Gasteiger partial charge in [0.05, 0.1) is 6.61 Å². The Kier molecular flexibility index (Phi) is 6.21. The number of ether oxygens (including phenoxy) is 1. The van der Waals surface area contributed by atoms with Gasteiger partial charge < -0.3 is 15.0 Å². The van der Waals surface area contributed by atoms with E-state index >= 15 is 0 Å². The highest BCUT2D eigenvalue weighted by Gasteiger charge is 2.21. The number of hydrogen-bond acceptors (Lipinski definition) is 3. The Labute approximate surface area is 133 Å². The number of nitrogens with one attached hydrogen (secondary N) is 1. The van der Waals surface area contributed by atoms with Gasteiger partial charge in [-0.2, -0.15) is 0 Å². The van der Waals surface area contributed by atoms with E-state index in [1.165, 1.54) is 5.56 Å². The minimum absolute atomic E-state index is 0.000471. The predicted octanol–water partition coefficient (Wildman–Crippen LogP) is 2.61. The Bertz CT molecular complexity index is 483. The van der Waals surface area contributed by atoms with Gasteiger partial charge in [0.15, 0.2) is 0 Å². The molecule has 1 aromatic carbocycles. The molecule has 0 aliphatic carbocycles. The zero-order valence-corrected chi connectivity index (χ0v) is 13.8. The van der Waals surface area contributed by atoms with Gasteiger partial charge in [-0.1, -0.05) is 32.0 Å². The number of carbonyl (C=O) groups excluding carboxylic acids is 1. The summed E-state index contributed by atoms with van der Waals surface area (Å²) in [6.07, 6.45) is 0. The molecule has 0 atom stereocenters. The molecule has 1 aliphatic heterocycles. The largest absolute Gasteiger partial charge is 0.383 e. The van der Waals surface area contributed by atoms with Crippen molar-refractivity contribution < 1.29 is 9.53 Å². The van der Waals surface area contributed by atoms with Crippen LogP contribution in [0.25, 0.3) is 0 Å². The van der Waals surface area contributed by atoms with Crippen molar-refractivity contribution in [1.82, 2.24) is 9.80 Å². The molecule has 0 spiro atoms. The third-order valence-corrected chi connectivity index (χ3v) is 4.10. The van der Waals surface area contributed by atoms with Crippen LogP contribution in [0.5, 0.6) is 0 Å². The molecule has 5 heteroatoms. The highest BCUT2D eigenvalue weighted by Crippen LogP contribution is 2.24. The van der Waals surface area contributed by atoms with Crippen LogP contribution in [-0.2, 0) is 4.74 Å². The molecule has 0 aromatic heterocycles. The van der Waals surface area contributed by atoms with Crippen LogP contribution in [0.3, 0.4) is 0 Å². The summed E-state index contributed by atoms with van der Waals surface area (Å²) >= 11 is 0. The SMILES string of the molecule is COCCN1CCN(C(=O)Nc2ccccc2C(C)C)CC1. The van der Waals surface area contributed by atoms with Crippen molar-refractivity contribution in [3.05, 3.63) is 29.8 Å². The van der Waals surface area contributed by atoms with Crippen LogP contribution in [0.15, 0.2) is 24.3 Å². The second kappa shape index (κ2) is 8.15. The first kappa shape index (κ1) is 16.8. The molecule has 122 valence electrons. The normalized spacial score (nSPS) is 16.1. The fourth-order valence-corrected chi connectivity index (χ4v) is 2.70. The number of nitrogens with zero attached hydrogens (tertiary/aromatic N) is 2. The van der Waals surface area contributed by atoms with E-state index in [2.05, 4.69) is 30.1 Å². The minimum atomic E-state index is -0.000471. The summed E-state index contributed by atoms with van der Waals surface area (Å²) in [6.45, 7) is 9.29. The topological polar surface area (TPSA) is 44.8 Å². The van der Waals surface area contributed by atoms with Crippen LogP contribution >= 0.6 is 0 Å². The van der Waals surface area contributed by atoms with Gasteiger partial charge in [-0.15, -0.1) is 0 Å². The fraction of sp³-hybridized carbons (Fsp3) is 0.588. The molecule has 2 amide bonds. The highest BCUT2D eigenvalue weighted by atomic mass is 16.5. The second-order valence-corrected chi connectivity index (χ2v) is 5.99. The number of amides is 2. The molecule has 0 radical (unpaired) electrons. The molecule has 1 saturated heterocycles. The smallest absolute Gasteiger partial charge is 0.321 e. The first-order valence-electron chi connectivity index (χ1n) is 7.98. The van der Waals surface area contributed by atoms with Crippen LogP contribution < -0.4 is 5.32 Å². The molecule has 0 unspecified atom stereocenters. The number of piperazine rings is 1. The third-order valence-electron chi connectivity index (χ3n) is 4.10. The van der Waals surface area contributed by atoms with Gasteiger partial charge in [0.2, 0.25) is 0 Å². The molecule has 5 nitrogen and oxygen atoms in total. The third kappa shape index (κ3) is 4.45. The van der Waals surface area contributed by atoms with Gasteiger partial charge >= 0.3 is 6.03 Å². The Morgan fingerprint density at radius 2 is 1.91 bits per heavy atom. The lowest BCUT2D eigenvalue weighted by Crippen LogP contribution is -2.50. The van der Waals surface area contributed by atoms with E-state index in [1.807, 2.05) is 23.1 Å². The molecule has 2 rings (SSSR count). The number of methoxy groups -OCH3 is 1. The summed E-state index contributed by atoms with van der Waals surface area (Å²) in [7, 11) is 1.72. The molecule has 0 saturated carbocycles. The summed E-state index contributed by atoms with van der Waals surface area (Å²) < 4.78 is 5.10. The van der Waals surface area contributed by atoms with Gasteiger partial charge in [-0.25, -0.2) is 4.79 Å². The Balaban J connectivity index is 1.89. The number of anilines is 1. The quantitative estimate of drug-likeness (QED) is 0.909. The monoisotopic (exact) mass is 305 g/mol. The van der Waals surface area contributed by atoms with Crippen molar-refractivity contribution >= 4 is 11.7 Å². The van der Waals surface area contributed by atoms with E-state index in [4.69, 9.17) is 4.74 Å². The van der Waals surface area contributed by atoms with Crippen molar-refractivity contribution in [2.45, 2.75) is 19.8 Å². The zero-order valence-electron chi connectivity index (χ0n) is 13.8. The van der Waals surface area contributed by atoms with Gasteiger partial charge in [0, 0.05) is 45.5 Å². The lowest BCUT2D eigenvalue weighted by molar-refractivity contribution is 0.109. The van der Waals surface area contributed by atoms with E-state index in [0.717, 1.165) is 45.0 Å². The lowest BCUT2D eigenvalue weighted by Gasteiger charge is -2.34. The molecule has 1 aliphatic rings. The number of rotatable bonds is 5. The van der Waals surface area contributed by atoms with E-state index in [0.29, 0.717) is 5.92 Å². The van der Waals surface area contributed by atoms with E-state index in [-0.39, 0.29) is 6.03 Å². The maximum absolute atomic E-state index is 12.4. The first-order valence-corrected chi connectivity index (χ1v) is 7.98. The molecular formula is C17H27N3O2. The summed E-state index contributed by atoms with van der Waals surface area (Å²) in [5.74, 6) is 0.391. The van der Waals surface area contributed by atoms with Crippen LogP contribution in [-0.4, -0.2) is 62.3 Å². The standard InChI is InChI=1S/C17H27N3O2/c1-14(2)15-6-4-5-7-16(15)18-17(21)20-10-8-19(9-11-20)12-13-22-3/h4-7,14H,8-13H2,1-3H3,(H,18,21). The van der Waals surface area contributed by atoms with Crippen LogP contribution in [0.4, 0.5) is 10.5 Å². The van der Waals surface area contributed by atoms with E-state index in [1.54, 1.807) is 7.11 Å². The molecule has 0 bridgehead atoms. The summed E-state index contributed by atoms with van der Waals surface area (Å²) in [4.78, 5) is 16.7. The number of benzene rings is 1. The predicted molar refractivity (Wildman–Crippen MR) is 89.4 cm³/mol. The number of urea groups is 1. The second-order valence-electron chi connectivity index (χ2n) is 5.99. The van der Waals surface area contributed by atoms with E-state index in [9.17, 15) is 4.79 Å². The average molecular weight is 305 g/mol. The molecule has 1 fully saturated rings. The minimum Gasteiger partial charge on any atom is -0.383 e. The van der Waals surface area contributed by atoms with Crippen molar-refractivity contribution in [3.63, 3.8) is 0 Å². The molecule has 1 heterocycles.